The van der Waals surface area contributed by atoms with E-state index in [1.165, 1.54) is 43.6 Å². The van der Waals surface area contributed by atoms with E-state index in [0.717, 1.165) is 19.0 Å². The molecule has 0 bridgehead atoms. The molecule has 0 radical (unpaired) electrons. The van der Waals surface area contributed by atoms with E-state index in [1.54, 1.807) is 0 Å². The zero-order valence-corrected chi connectivity index (χ0v) is 14.3. The van der Waals surface area contributed by atoms with Gasteiger partial charge in [0.2, 0.25) is 0 Å². The maximum atomic E-state index is 3.61. The first kappa shape index (κ1) is 16.5. The predicted molar refractivity (Wildman–Crippen MR) is 91.7 cm³/mol. The summed E-state index contributed by atoms with van der Waals surface area (Å²) in [4.78, 5) is 2.60. The van der Waals surface area contributed by atoms with Crippen LogP contribution in [0.1, 0.15) is 51.7 Å². The van der Waals surface area contributed by atoms with Gasteiger partial charge in [-0.15, -0.1) is 0 Å². The molecule has 1 heterocycles. The number of benzene rings is 1. The number of hydrogen-bond acceptors (Lipinski definition) is 2. The monoisotopic (exact) mass is 288 g/mol. The van der Waals surface area contributed by atoms with E-state index in [0.29, 0.717) is 0 Å². The number of hydrogen-bond donors (Lipinski definition) is 1. The molecule has 0 aliphatic carbocycles. The lowest BCUT2D eigenvalue weighted by Crippen LogP contribution is -2.31. The molecule has 1 aliphatic rings. The number of nitrogens with one attached hydrogen (secondary N) is 1. The standard InChI is InChI=1S/C19H32N2/c1-16(15-21-11-5-6-12-21)13-20-14-17-7-9-18(10-8-17)19(2,3)4/h7-10,16,20H,5-6,11-15H2,1-4H3. The summed E-state index contributed by atoms with van der Waals surface area (Å²) in [5.74, 6) is 0.733. The van der Waals surface area contributed by atoms with Gasteiger partial charge in [-0.05, 0) is 54.9 Å². The molecule has 0 spiro atoms. The van der Waals surface area contributed by atoms with Gasteiger partial charge in [0.1, 0.15) is 0 Å². The van der Waals surface area contributed by atoms with Crippen molar-refractivity contribution < 1.29 is 0 Å². The third-order valence-corrected chi connectivity index (χ3v) is 4.41. The van der Waals surface area contributed by atoms with Crippen LogP contribution in [0.25, 0.3) is 0 Å². The van der Waals surface area contributed by atoms with E-state index in [1.807, 2.05) is 0 Å². The third kappa shape index (κ3) is 5.44. The molecule has 1 aliphatic heterocycles. The maximum Gasteiger partial charge on any atom is 0.0205 e. The molecule has 0 saturated carbocycles. The van der Waals surface area contributed by atoms with E-state index in [9.17, 15) is 0 Å². The highest BCUT2D eigenvalue weighted by atomic mass is 15.1. The van der Waals surface area contributed by atoms with Crippen LogP contribution in [0, 0.1) is 5.92 Å². The molecule has 118 valence electrons. The van der Waals surface area contributed by atoms with E-state index >= 15 is 0 Å². The number of likely N-dealkylation sites (tertiary alicyclic amines) is 1. The summed E-state index contributed by atoms with van der Waals surface area (Å²) >= 11 is 0. The Hall–Kier alpha value is -0.860. The van der Waals surface area contributed by atoms with Crippen LogP contribution in [-0.4, -0.2) is 31.1 Å². The van der Waals surface area contributed by atoms with Crippen LogP contribution in [0.5, 0.6) is 0 Å². The van der Waals surface area contributed by atoms with Crippen molar-refractivity contribution in [3.05, 3.63) is 35.4 Å². The SMILES string of the molecule is CC(CNCc1ccc(C(C)(C)C)cc1)CN1CCCC1. The zero-order valence-electron chi connectivity index (χ0n) is 14.3. The topological polar surface area (TPSA) is 15.3 Å². The summed E-state index contributed by atoms with van der Waals surface area (Å²) in [7, 11) is 0. The quantitative estimate of drug-likeness (QED) is 0.856. The molecular weight excluding hydrogens is 256 g/mol. The fourth-order valence-electron chi connectivity index (χ4n) is 3.06. The fourth-order valence-corrected chi connectivity index (χ4v) is 3.06. The van der Waals surface area contributed by atoms with E-state index in [-0.39, 0.29) is 5.41 Å². The Kier molecular flexibility index (Phi) is 5.83. The predicted octanol–water partition coefficient (Wildman–Crippen LogP) is 3.81. The molecule has 0 aromatic heterocycles. The molecule has 2 heteroatoms. The highest BCUT2D eigenvalue weighted by Crippen LogP contribution is 2.22. The normalized spacial score (nSPS) is 18.1. The van der Waals surface area contributed by atoms with Gasteiger partial charge in [-0.1, -0.05) is 52.0 Å². The van der Waals surface area contributed by atoms with E-state index < -0.39 is 0 Å². The largest absolute Gasteiger partial charge is 0.312 e. The summed E-state index contributed by atoms with van der Waals surface area (Å²) < 4.78 is 0. The molecule has 2 rings (SSSR count). The first-order valence-electron chi connectivity index (χ1n) is 8.47. The van der Waals surface area contributed by atoms with Crippen molar-refractivity contribution in [3.8, 4) is 0 Å². The molecule has 1 aromatic rings. The molecule has 0 amide bonds. The Morgan fingerprint density at radius 2 is 1.71 bits per heavy atom. The van der Waals surface area contributed by atoms with Gasteiger partial charge in [-0.25, -0.2) is 0 Å². The second kappa shape index (κ2) is 7.42. The summed E-state index contributed by atoms with van der Waals surface area (Å²) in [5.41, 5.74) is 3.04. The summed E-state index contributed by atoms with van der Waals surface area (Å²) in [6, 6.07) is 9.06. The second-order valence-electron chi connectivity index (χ2n) is 7.69. The van der Waals surface area contributed by atoms with Gasteiger partial charge in [0, 0.05) is 13.1 Å². The third-order valence-electron chi connectivity index (χ3n) is 4.41. The first-order chi connectivity index (χ1) is 9.95. The van der Waals surface area contributed by atoms with Gasteiger partial charge in [0.25, 0.3) is 0 Å². The van der Waals surface area contributed by atoms with Gasteiger partial charge in [-0.3, -0.25) is 0 Å². The molecule has 1 fully saturated rings. The lowest BCUT2D eigenvalue weighted by molar-refractivity contribution is 0.282. The highest BCUT2D eigenvalue weighted by Gasteiger charge is 2.14. The molecule has 1 unspecified atom stereocenters. The second-order valence-corrected chi connectivity index (χ2v) is 7.69. The van der Waals surface area contributed by atoms with E-state index in [2.05, 4.69) is 62.2 Å². The van der Waals surface area contributed by atoms with Crippen molar-refractivity contribution in [1.29, 1.82) is 0 Å². The molecule has 2 nitrogen and oxygen atoms in total. The van der Waals surface area contributed by atoms with Crippen molar-refractivity contribution >= 4 is 0 Å². The highest BCUT2D eigenvalue weighted by molar-refractivity contribution is 5.27. The molecule has 1 saturated heterocycles. The van der Waals surface area contributed by atoms with Crippen LogP contribution in [-0.2, 0) is 12.0 Å². The van der Waals surface area contributed by atoms with Crippen LogP contribution in [0.2, 0.25) is 0 Å². The van der Waals surface area contributed by atoms with Gasteiger partial charge >= 0.3 is 0 Å². The van der Waals surface area contributed by atoms with Crippen LogP contribution in [0.4, 0.5) is 0 Å². The Morgan fingerprint density at radius 1 is 1.10 bits per heavy atom. The van der Waals surface area contributed by atoms with Crippen molar-refractivity contribution in [3.63, 3.8) is 0 Å². The Bertz CT molecular complexity index is 410. The summed E-state index contributed by atoms with van der Waals surface area (Å²) in [6.45, 7) is 15.1. The molecule has 1 N–H and O–H groups in total. The lowest BCUT2D eigenvalue weighted by Gasteiger charge is -2.21. The van der Waals surface area contributed by atoms with Crippen molar-refractivity contribution in [2.45, 2.75) is 52.5 Å². The zero-order chi connectivity index (χ0) is 15.3. The van der Waals surface area contributed by atoms with Gasteiger partial charge in [0.15, 0.2) is 0 Å². The molecule has 21 heavy (non-hydrogen) atoms. The Balaban J connectivity index is 1.70. The van der Waals surface area contributed by atoms with Gasteiger partial charge in [0.05, 0.1) is 0 Å². The van der Waals surface area contributed by atoms with Gasteiger partial charge in [-0.2, -0.15) is 0 Å². The first-order valence-corrected chi connectivity index (χ1v) is 8.47. The Labute approximate surface area is 130 Å². The lowest BCUT2D eigenvalue weighted by atomic mass is 9.87. The average molecular weight is 288 g/mol. The van der Waals surface area contributed by atoms with Crippen LogP contribution in [0.15, 0.2) is 24.3 Å². The van der Waals surface area contributed by atoms with E-state index in [4.69, 9.17) is 0 Å². The van der Waals surface area contributed by atoms with Crippen LogP contribution >= 0.6 is 0 Å². The van der Waals surface area contributed by atoms with Crippen molar-refractivity contribution in [1.82, 2.24) is 10.2 Å². The fraction of sp³-hybridized carbons (Fsp3) is 0.684. The Morgan fingerprint density at radius 3 is 2.29 bits per heavy atom. The smallest absolute Gasteiger partial charge is 0.0205 e. The minimum absolute atomic E-state index is 0.246. The van der Waals surface area contributed by atoms with Crippen LogP contribution in [0.3, 0.4) is 0 Å². The minimum Gasteiger partial charge on any atom is -0.312 e. The van der Waals surface area contributed by atoms with Crippen molar-refractivity contribution in [2.24, 2.45) is 5.92 Å². The van der Waals surface area contributed by atoms with Crippen molar-refractivity contribution in [2.75, 3.05) is 26.2 Å². The summed E-state index contributed by atoms with van der Waals surface area (Å²) in [5, 5.41) is 3.61. The van der Waals surface area contributed by atoms with Crippen LogP contribution < -0.4 is 5.32 Å². The minimum atomic E-state index is 0.246. The molecular formula is C19H32N2. The number of nitrogens with zero attached hydrogens (tertiary/aromatic N) is 1. The summed E-state index contributed by atoms with van der Waals surface area (Å²) in [6.07, 6.45) is 2.78. The van der Waals surface area contributed by atoms with Gasteiger partial charge < -0.3 is 10.2 Å². The molecule has 1 atom stereocenters. The maximum absolute atomic E-state index is 3.61. The average Bonchev–Trinajstić information content (AvgIpc) is 2.91. The number of rotatable bonds is 6. The molecule has 1 aromatic carbocycles.